The highest BCUT2D eigenvalue weighted by Crippen LogP contribution is 2.35. The minimum absolute atomic E-state index is 0.414. The number of carbonyl (C=O) groups is 1. The van der Waals surface area contributed by atoms with E-state index < -0.39 is 0 Å². The van der Waals surface area contributed by atoms with E-state index in [-0.39, 0.29) is 0 Å². The van der Waals surface area contributed by atoms with Crippen LogP contribution in [0.4, 0.5) is 5.82 Å². The van der Waals surface area contributed by atoms with Gasteiger partial charge in [-0.1, -0.05) is 18.2 Å². The first-order chi connectivity index (χ1) is 17.2. The number of aromatic amines is 1. The number of nitrogens with one attached hydrogen (secondary N) is 2. The molecule has 0 bridgehead atoms. The van der Waals surface area contributed by atoms with Crippen molar-refractivity contribution in [3.05, 3.63) is 53.9 Å². The van der Waals surface area contributed by atoms with Crippen molar-refractivity contribution in [2.45, 2.75) is 44.7 Å². The van der Waals surface area contributed by atoms with Gasteiger partial charge in [0, 0.05) is 41.6 Å². The molecule has 0 radical (unpaired) electrons. The van der Waals surface area contributed by atoms with Gasteiger partial charge in [0.1, 0.15) is 24.1 Å². The molecule has 4 aromatic rings. The van der Waals surface area contributed by atoms with Crippen molar-refractivity contribution < 1.29 is 9.53 Å². The average molecular weight is 470 g/mol. The first kappa shape index (κ1) is 22.2. The fourth-order valence-corrected chi connectivity index (χ4v) is 5.81. The van der Waals surface area contributed by atoms with Crippen LogP contribution in [-0.4, -0.2) is 64.5 Å². The van der Waals surface area contributed by atoms with Crippen molar-refractivity contribution in [3.63, 3.8) is 0 Å². The molecule has 2 aromatic carbocycles. The van der Waals surface area contributed by atoms with Crippen LogP contribution in [0.2, 0.25) is 0 Å². The predicted octanol–water partition coefficient (Wildman–Crippen LogP) is 4.95. The highest BCUT2D eigenvalue weighted by atomic mass is 16.5. The van der Waals surface area contributed by atoms with Crippen molar-refractivity contribution in [2.75, 3.05) is 31.6 Å². The number of hydrogen-bond acceptors (Lipinski definition) is 6. The lowest BCUT2D eigenvalue weighted by molar-refractivity contribution is 0.00791. The van der Waals surface area contributed by atoms with Crippen LogP contribution in [0.15, 0.2) is 42.7 Å². The maximum absolute atomic E-state index is 11.2. The Morgan fingerprint density at radius 2 is 1.89 bits per heavy atom. The minimum Gasteiger partial charge on any atom is -0.379 e. The van der Waals surface area contributed by atoms with Crippen LogP contribution in [0.3, 0.4) is 0 Å². The lowest BCUT2D eigenvalue weighted by Gasteiger charge is -2.39. The third-order valence-electron chi connectivity index (χ3n) is 7.69. The number of fused-ring (bicyclic) bond motifs is 3. The van der Waals surface area contributed by atoms with Gasteiger partial charge < -0.3 is 15.0 Å². The number of carbonyl (C=O) groups excluding carboxylic acids is 1. The molecule has 7 heteroatoms. The smallest absolute Gasteiger partial charge is 0.150 e. The second kappa shape index (κ2) is 9.40. The van der Waals surface area contributed by atoms with Gasteiger partial charge >= 0.3 is 0 Å². The molecule has 6 rings (SSSR count). The summed E-state index contributed by atoms with van der Waals surface area (Å²) < 4.78 is 5.53. The van der Waals surface area contributed by atoms with Crippen molar-refractivity contribution in [1.29, 1.82) is 0 Å². The maximum atomic E-state index is 11.2. The van der Waals surface area contributed by atoms with E-state index in [1.54, 1.807) is 6.33 Å². The van der Waals surface area contributed by atoms with Crippen LogP contribution < -0.4 is 5.32 Å². The Labute approximate surface area is 204 Å². The van der Waals surface area contributed by atoms with Crippen LogP contribution in [0.5, 0.6) is 0 Å². The second-order valence-electron chi connectivity index (χ2n) is 9.82. The highest BCUT2D eigenvalue weighted by molar-refractivity contribution is 6.12. The van der Waals surface area contributed by atoms with Gasteiger partial charge in [-0.25, -0.2) is 9.97 Å². The molecule has 2 aliphatic rings. The van der Waals surface area contributed by atoms with E-state index in [0.717, 1.165) is 89.9 Å². The summed E-state index contributed by atoms with van der Waals surface area (Å²) in [5.74, 6) is 0.904. The molecule has 0 unspecified atom stereocenters. The van der Waals surface area contributed by atoms with Crippen LogP contribution in [0.1, 0.15) is 41.6 Å². The second-order valence-corrected chi connectivity index (χ2v) is 9.82. The van der Waals surface area contributed by atoms with Crippen LogP contribution in [0.25, 0.3) is 33.1 Å². The Kier molecular flexibility index (Phi) is 5.96. The number of aldehydes is 1. The van der Waals surface area contributed by atoms with Crippen molar-refractivity contribution in [2.24, 2.45) is 0 Å². The molecule has 1 aliphatic heterocycles. The van der Waals surface area contributed by atoms with E-state index in [9.17, 15) is 4.79 Å². The summed E-state index contributed by atoms with van der Waals surface area (Å²) >= 11 is 0. The SMILES string of the molecule is Cc1cc(C=O)ccc1-c1ccc2[nH]c3ncnc(N[C@H]4CC[C@H](N5CCOCC5)CC4)c3c2c1. The molecule has 1 saturated carbocycles. The molecule has 3 heterocycles. The summed E-state index contributed by atoms with van der Waals surface area (Å²) in [4.78, 5) is 26.4. The number of benzene rings is 2. The maximum Gasteiger partial charge on any atom is 0.150 e. The third-order valence-corrected chi connectivity index (χ3v) is 7.69. The zero-order valence-electron chi connectivity index (χ0n) is 20.1. The summed E-state index contributed by atoms with van der Waals surface area (Å²) in [5, 5.41) is 5.91. The summed E-state index contributed by atoms with van der Waals surface area (Å²) in [6.45, 7) is 5.89. The molecule has 35 heavy (non-hydrogen) atoms. The van der Waals surface area contributed by atoms with E-state index in [1.807, 2.05) is 25.1 Å². The van der Waals surface area contributed by atoms with Crippen molar-refractivity contribution >= 4 is 34.0 Å². The van der Waals surface area contributed by atoms with Gasteiger partial charge in [0.25, 0.3) is 0 Å². The lowest BCUT2D eigenvalue weighted by Crippen LogP contribution is -2.46. The van der Waals surface area contributed by atoms with E-state index in [2.05, 4.69) is 43.4 Å². The van der Waals surface area contributed by atoms with Gasteiger partial charge in [-0.3, -0.25) is 9.69 Å². The topological polar surface area (TPSA) is 83.1 Å². The molecule has 2 aromatic heterocycles. The molecule has 0 amide bonds. The van der Waals surface area contributed by atoms with Gasteiger partial charge in [-0.2, -0.15) is 0 Å². The number of aromatic nitrogens is 3. The summed E-state index contributed by atoms with van der Waals surface area (Å²) in [5.41, 5.74) is 5.92. The highest BCUT2D eigenvalue weighted by Gasteiger charge is 2.27. The fraction of sp³-hybridized carbons (Fsp3) is 0.393. The van der Waals surface area contributed by atoms with Crippen LogP contribution in [-0.2, 0) is 4.74 Å². The molecule has 0 spiro atoms. The van der Waals surface area contributed by atoms with Crippen molar-refractivity contribution in [3.8, 4) is 11.1 Å². The molecule has 1 saturated heterocycles. The van der Waals surface area contributed by atoms with E-state index in [0.29, 0.717) is 17.6 Å². The number of anilines is 1. The molecule has 0 atom stereocenters. The Hall–Kier alpha value is -3.29. The van der Waals surface area contributed by atoms with Gasteiger partial charge in [0.2, 0.25) is 0 Å². The summed E-state index contributed by atoms with van der Waals surface area (Å²) in [6, 6.07) is 13.4. The Morgan fingerprint density at radius 1 is 1.06 bits per heavy atom. The molecular formula is C28H31N5O2. The number of aryl methyl sites for hydroxylation is 1. The number of H-pyrrole nitrogens is 1. The van der Waals surface area contributed by atoms with E-state index >= 15 is 0 Å². The number of hydrogen-bond donors (Lipinski definition) is 2. The Balaban J connectivity index is 1.28. The number of nitrogens with zero attached hydrogens (tertiary/aromatic N) is 3. The zero-order chi connectivity index (χ0) is 23.8. The molecular weight excluding hydrogens is 438 g/mol. The van der Waals surface area contributed by atoms with Gasteiger partial charge in [0.15, 0.2) is 0 Å². The fourth-order valence-electron chi connectivity index (χ4n) is 5.81. The first-order valence-corrected chi connectivity index (χ1v) is 12.6. The summed E-state index contributed by atoms with van der Waals surface area (Å²) in [6.07, 6.45) is 7.23. The lowest BCUT2D eigenvalue weighted by atomic mass is 9.90. The third kappa shape index (κ3) is 4.30. The molecule has 7 nitrogen and oxygen atoms in total. The molecule has 2 N–H and O–H groups in total. The molecule has 2 fully saturated rings. The molecule has 180 valence electrons. The molecule has 1 aliphatic carbocycles. The van der Waals surface area contributed by atoms with Crippen LogP contribution in [0, 0.1) is 6.92 Å². The average Bonchev–Trinajstić information content (AvgIpc) is 3.28. The quantitative estimate of drug-likeness (QED) is 0.402. The monoisotopic (exact) mass is 469 g/mol. The Morgan fingerprint density at radius 3 is 2.66 bits per heavy atom. The predicted molar refractivity (Wildman–Crippen MR) is 139 cm³/mol. The van der Waals surface area contributed by atoms with Gasteiger partial charge in [-0.05, 0) is 67.5 Å². The van der Waals surface area contributed by atoms with Crippen molar-refractivity contribution in [1.82, 2.24) is 19.9 Å². The standard InChI is InChI=1S/C28H31N5O2/c1-18-14-19(16-34)2-8-23(18)20-3-9-25-24(15-20)26-27(29-17-30-28(26)32-25)31-21-4-6-22(7-5-21)33-10-12-35-13-11-33/h2-3,8-9,14-17,21-22H,4-7,10-13H2,1H3,(H2,29,30,31,32)/t21-,22-. The van der Waals surface area contributed by atoms with E-state index in [4.69, 9.17) is 4.74 Å². The van der Waals surface area contributed by atoms with Crippen LogP contribution >= 0.6 is 0 Å². The minimum atomic E-state index is 0.414. The number of morpholine rings is 1. The first-order valence-electron chi connectivity index (χ1n) is 12.6. The van der Waals surface area contributed by atoms with E-state index in [1.165, 1.54) is 12.8 Å². The van der Waals surface area contributed by atoms with Gasteiger partial charge in [-0.15, -0.1) is 0 Å². The Bertz CT molecular complexity index is 1370. The number of rotatable bonds is 5. The number of ether oxygens (including phenoxy) is 1. The largest absolute Gasteiger partial charge is 0.379 e. The zero-order valence-corrected chi connectivity index (χ0v) is 20.1. The van der Waals surface area contributed by atoms with Gasteiger partial charge in [0.05, 0.1) is 18.6 Å². The normalized spacial score (nSPS) is 21.4. The summed E-state index contributed by atoms with van der Waals surface area (Å²) in [7, 11) is 0.